The third kappa shape index (κ3) is 8.45. The van der Waals surface area contributed by atoms with Crippen LogP contribution in [-0.2, 0) is 14.8 Å². The van der Waals surface area contributed by atoms with E-state index >= 15 is 0 Å². The maximum Gasteiger partial charge on any atom is 0.242 e. The van der Waals surface area contributed by atoms with Crippen LogP contribution >= 0.6 is 0 Å². The monoisotopic (exact) mass is 370 g/mol. The van der Waals surface area contributed by atoms with E-state index in [1.165, 1.54) is 18.5 Å². The molecule has 0 saturated heterocycles. The van der Waals surface area contributed by atoms with Gasteiger partial charge < -0.3 is 16.0 Å². The number of nitrogens with zero attached hydrogens (tertiary/aromatic N) is 2. The zero-order chi connectivity index (χ0) is 18.9. The van der Waals surface area contributed by atoms with Crippen LogP contribution in [0.15, 0.2) is 34.4 Å². The zero-order valence-electron chi connectivity index (χ0n) is 15.0. The first kappa shape index (κ1) is 20.8. The van der Waals surface area contributed by atoms with Gasteiger partial charge in [-0.15, -0.1) is 0 Å². The summed E-state index contributed by atoms with van der Waals surface area (Å²) in [5.41, 5.74) is -0.305. The summed E-state index contributed by atoms with van der Waals surface area (Å²) in [7, 11) is -2.02. The molecule has 0 atom stereocenters. The van der Waals surface area contributed by atoms with Gasteiger partial charge in [0.15, 0.2) is 5.96 Å². The van der Waals surface area contributed by atoms with Crippen LogP contribution in [0.5, 0.6) is 0 Å². The minimum atomic E-state index is -3.59. The van der Waals surface area contributed by atoms with E-state index in [4.69, 9.17) is 0 Å². The normalized spacial score (nSPS) is 12.6. The largest absolute Gasteiger partial charge is 0.355 e. The predicted molar refractivity (Wildman–Crippen MR) is 96.7 cm³/mol. The molecule has 140 valence electrons. The first-order valence-corrected chi connectivity index (χ1v) is 9.27. The molecule has 1 aromatic heterocycles. The first-order chi connectivity index (χ1) is 11.6. The quantitative estimate of drug-likeness (QED) is 0.290. The number of hydrogen-bond acceptors (Lipinski definition) is 5. The Kier molecular flexibility index (Phi) is 7.78. The van der Waals surface area contributed by atoms with Gasteiger partial charge in [0, 0.05) is 38.1 Å². The Labute approximate surface area is 148 Å². The topological polar surface area (TPSA) is 125 Å². The van der Waals surface area contributed by atoms with Crippen LogP contribution in [0.2, 0.25) is 0 Å². The van der Waals surface area contributed by atoms with Crippen molar-refractivity contribution < 1.29 is 13.2 Å². The molecule has 10 heteroatoms. The number of amides is 1. The number of rotatable bonds is 7. The molecule has 1 heterocycles. The molecular formula is C15H26N6O3S. The summed E-state index contributed by atoms with van der Waals surface area (Å²) in [5.74, 6) is 0.248. The van der Waals surface area contributed by atoms with Crippen molar-refractivity contribution in [3.8, 4) is 0 Å². The highest BCUT2D eigenvalue weighted by Crippen LogP contribution is 2.04. The van der Waals surface area contributed by atoms with Crippen LogP contribution in [0.4, 0.5) is 0 Å². The lowest BCUT2D eigenvalue weighted by Crippen LogP contribution is -2.48. The van der Waals surface area contributed by atoms with Crippen molar-refractivity contribution in [2.24, 2.45) is 4.99 Å². The SMILES string of the molecule is CN=C(NCCNS(=O)(=O)c1cccnc1)NCC(=O)NC(C)(C)C. The summed E-state index contributed by atoms with van der Waals surface area (Å²) >= 11 is 0. The van der Waals surface area contributed by atoms with Crippen LogP contribution in [0, 0.1) is 0 Å². The van der Waals surface area contributed by atoms with E-state index < -0.39 is 10.0 Å². The molecule has 0 spiro atoms. The Morgan fingerprint density at radius 1 is 1.24 bits per heavy atom. The van der Waals surface area contributed by atoms with Crippen molar-refractivity contribution in [1.29, 1.82) is 0 Å². The second kappa shape index (κ2) is 9.33. The molecular weight excluding hydrogens is 344 g/mol. The third-order valence-corrected chi connectivity index (χ3v) is 4.25. The number of carbonyl (C=O) groups excluding carboxylic acids is 1. The first-order valence-electron chi connectivity index (χ1n) is 7.79. The van der Waals surface area contributed by atoms with E-state index in [0.717, 1.165) is 0 Å². The lowest BCUT2D eigenvalue weighted by Gasteiger charge is -2.21. The van der Waals surface area contributed by atoms with Gasteiger partial charge in [-0.25, -0.2) is 13.1 Å². The van der Waals surface area contributed by atoms with Crippen LogP contribution in [-0.4, -0.2) is 57.5 Å². The van der Waals surface area contributed by atoms with Crippen LogP contribution in [0.1, 0.15) is 20.8 Å². The number of guanidine groups is 1. The van der Waals surface area contributed by atoms with Gasteiger partial charge in [0.05, 0.1) is 6.54 Å². The molecule has 0 saturated carbocycles. The standard InChI is InChI=1S/C15H26N6O3S/c1-15(2,3)21-13(22)11-19-14(16-4)18-8-9-20-25(23,24)12-6-5-7-17-10-12/h5-7,10,20H,8-9,11H2,1-4H3,(H,21,22)(H2,16,18,19). The van der Waals surface area contributed by atoms with Gasteiger partial charge in [-0.2, -0.15) is 0 Å². The van der Waals surface area contributed by atoms with E-state index in [-0.39, 0.29) is 29.4 Å². The Morgan fingerprint density at radius 3 is 2.52 bits per heavy atom. The second-order valence-electron chi connectivity index (χ2n) is 6.24. The van der Waals surface area contributed by atoms with Gasteiger partial charge in [0.25, 0.3) is 0 Å². The van der Waals surface area contributed by atoms with Gasteiger partial charge >= 0.3 is 0 Å². The third-order valence-electron chi connectivity index (χ3n) is 2.81. The molecule has 4 N–H and O–H groups in total. The van der Waals surface area contributed by atoms with Gasteiger partial charge in [0.2, 0.25) is 15.9 Å². The van der Waals surface area contributed by atoms with Gasteiger partial charge in [-0.1, -0.05) is 0 Å². The summed E-state index contributed by atoms with van der Waals surface area (Å²) in [6.45, 7) is 6.22. The van der Waals surface area contributed by atoms with Crippen molar-refractivity contribution in [1.82, 2.24) is 25.7 Å². The average Bonchev–Trinajstić information content (AvgIpc) is 2.53. The molecule has 0 radical (unpaired) electrons. The van der Waals surface area contributed by atoms with E-state index in [0.29, 0.717) is 12.5 Å². The minimum absolute atomic E-state index is 0.0678. The Balaban J connectivity index is 2.35. The summed E-state index contributed by atoms with van der Waals surface area (Å²) in [6, 6.07) is 3.03. The van der Waals surface area contributed by atoms with Crippen LogP contribution < -0.4 is 20.7 Å². The molecule has 1 rings (SSSR count). The highest BCUT2D eigenvalue weighted by atomic mass is 32.2. The number of carbonyl (C=O) groups is 1. The molecule has 0 unspecified atom stereocenters. The van der Waals surface area contributed by atoms with Crippen molar-refractivity contribution in [2.45, 2.75) is 31.2 Å². The van der Waals surface area contributed by atoms with Crippen molar-refractivity contribution in [2.75, 3.05) is 26.7 Å². The van der Waals surface area contributed by atoms with E-state index in [9.17, 15) is 13.2 Å². The van der Waals surface area contributed by atoms with E-state index in [1.807, 2.05) is 20.8 Å². The molecule has 25 heavy (non-hydrogen) atoms. The maximum atomic E-state index is 12.0. The smallest absolute Gasteiger partial charge is 0.242 e. The Morgan fingerprint density at radius 2 is 1.96 bits per heavy atom. The van der Waals surface area contributed by atoms with Gasteiger partial charge in [-0.3, -0.25) is 14.8 Å². The van der Waals surface area contributed by atoms with Crippen molar-refractivity contribution in [3.63, 3.8) is 0 Å². The van der Waals surface area contributed by atoms with E-state index in [1.54, 1.807) is 13.1 Å². The van der Waals surface area contributed by atoms with Gasteiger partial charge in [0.1, 0.15) is 4.90 Å². The second-order valence-corrected chi connectivity index (χ2v) is 8.00. The lowest BCUT2D eigenvalue weighted by atomic mass is 10.1. The maximum absolute atomic E-state index is 12.0. The molecule has 0 aliphatic carbocycles. The van der Waals surface area contributed by atoms with Crippen LogP contribution in [0.3, 0.4) is 0 Å². The number of nitrogens with one attached hydrogen (secondary N) is 4. The fourth-order valence-electron chi connectivity index (χ4n) is 1.80. The summed E-state index contributed by atoms with van der Waals surface area (Å²) in [4.78, 5) is 19.6. The number of aromatic nitrogens is 1. The molecule has 0 fully saturated rings. The fraction of sp³-hybridized carbons (Fsp3) is 0.533. The van der Waals surface area contributed by atoms with Crippen LogP contribution in [0.25, 0.3) is 0 Å². The highest BCUT2D eigenvalue weighted by Gasteiger charge is 2.14. The Bertz CT molecular complexity index is 683. The van der Waals surface area contributed by atoms with E-state index in [2.05, 4.69) is 30.6 Å². The van der Waals surface area contributed by atoms with Gasteiger partial charge in [-0.05, 0) is 32.9 Å². The molecule has 9 nitrogen and oxygen atoms in total. The number of pyridine rings is 1. The highest BCUT2D eigenvalue weighted by molar-refractivity contribution is 7.89. The molecule has 0 aliphatic heterocycles. The number of aliphatic imine (C=N–C) groups is 1. The molecule has 0 bridgehead atoms. The zero-order valence-corrected chi connectivity index (χ0v) is 15.8. The molecule has 0 aliphatic rings. The van der Waals surface area contributed by atoms with Crippen molar-refractivity contribution in [3.05, 3.63) is 24.5 Å². The molecule has 1 amide bonds. The summed E-state index contributed by atoms with van der Waals surface area (Å²) < 4.78 is 26.5. The number of hydrogen-bond donors (Lipinski definition) is 4. The molecule has 1 aromatic rings. The predicted octanol–water partition coefficient (Wildman–Crippen LogP) is -0.560. The minimum Gasteiger partial charge on any atom is -0.355 e. The summed E-state index contributed by atoms with van der Waals surface area (Å²) in [6.07, 6.45) is 2.79. The molecule has 0 aromatic carbocycles. The average molecular weight is 370 g/mol. The number of sulfonamides is 1. The Hall–Kier alpha value is -2.20. The lowest BCUT2D eigenvalue weighted by molar-refractivity contribution is -0.121. The summed E-state index contributed by atoms with van der Waals surface area (Å²) in [5, 5.41) is 8.61. The fourth-order valence-corrected chi connectivity index (χ4v) is 2.80. The van der Waals surface area contributed by atoms with Crippen molar-refractivity contribution >= 4 is 21.9 Å².